The Bertz CT molecular complexity index is 466. The van der Waals surface area contributed by atoms with Crippen LogP contribution in [0.2, 0.25) is 0 Å². The van der Waals surface area contributed by atoms with E-state index in [4.69, 9.17) is 6.42 Å². The Morgan fingerprint density at radius 3 is 2.83 bits per heavy atom. The molecular formula is C13H14BrN3O. The summed E-state index contributed by atoms with van der Waals surface area (Å²) in [5.74, 6) is 2.32. The molecular weight excluding hydrogens is 294 g/mol. The van der Waals surface area contributed by atoms with Crippen molar-refractivity contribution >= 4 is 21.8 Å². The van der Waals surface area contributed by atoms with E-state index >= 15 is 0 Å². The lowest BCUT2D eigenvalue weighted by Crippen LogP contribution is -2.43. The average molecular weight is 308 g/mol. The zero-order valence-corrected chi connectivity index (χ0v) is 11.3. The molecule has 1 aromatic carbocycles. The number of carbonyl (C=O) groups is 1. The van der Waals surface area contributed by atoms with Crippen LogP contribution in [0.5, 0.6) is 0 Å². The standard InChI is InChI=1S/C13H14BrN3O/c1-2-7-15-13(18)12-8-11(16-17-12)9-3-5-10(14)6-4-9/h1,3-6,11-12,16-17H,7-8H2,(H,15,18). The number of nitrogens with one attached hydrogen (secondary N) is 3. The maximum Gasteiger partial charge on any atom is 0.239 e. The zero-order chi connectivity index (χ0) is 13.0. The molecule has 1 amide bonds. The van der Waals surface area contributed by atoms with E-state index in [-0.39, 0.29) is 24.5 Å². The molecule has 5 heteroatoms. The molecule has 2 atom stereocenters. The van der Waals surface area contributed by atoms with E-state index in [0.29, 0.717) is 6.42 Å². The average Bonchev–Trinajstić information content (AvgIpc) is 2.86. The third-order valence-corrected chi connectivity index (χ3v) is 3.39. The van der Waals surface area contributed by atoms with Crippen molar-refractivity contribution in [2.75, 3.05) is 6.54 Å². The van der Waals surface area contributed by atoms with Crippen LogP contribution in [0.3, 0.4) is 0 Å². The molecule has 0 radical (unpaired) electrons. The van der Waals surface area contributed by atoms with Gasteiger partial charge in [-0.2, -0.15) is 0 Å². The second-order valence-electron chi connectivity index (χ2n) is 4.10. The van der Waals surface area contributed by atoms with E-state index in [9.17, 15) is 4.79 Å². The number of hydrazine groups is 1. The van der Waals surface area contributed by atoms with Crippen LogP contribution in [-0.4, -0.2) is 18.5 Å². The lowest BCUT2D eigenvalue weighted by atomic mass is 10.0. The predicted octanol–water partition coefficient (Wildman–Crippen LogP) is 1.11. The van der Waals surface area contributed by atoms with Gasteiger partial charge in [-0.25, -0.2) is 10.9 Å². The predicted molar refractivity (Wildman–Crippen MR) is 73.4 cm³/mol. The first kappa shape index (κ1) is 13.1. The summed E-state index contributed by atoms with van der Waals surface area (Å²) < 4.78 is 1.04. The number of amides is 1. The van der Waals surface area contributed by atoms with Crippen LogP contribution in [0.4, 0.5) is 0 Å². The van der Waals surface area contributed by atoms with Crippen molar-refractivity contribution in [3.05, 3.63) is 34.3 Å². The van der Waals surface area contributed by atoms with E-state index in [1.165, 1.54) is 0 Å². The second kappa shape index (κ2) is 6.01. The monoisotopic (exact) mass is 307 g/mol. The fraction of sp³-hybridized carbons (Fsp3) is 0.308. The number of terminal acetylenes is 1. The molecule has 18 heavy (non-hydrogen) atoms. The Morgan fingerprint density at radius 1 is 1.44 bits per heavy atom. The lowest BCUT2D eigenvalue weighted by Gasteiger charge is -2.09. The zero-order valence-electron chi connectivity index (χ0n) is 9.74. The van der Waals surface area contributed by atoms with Gasteiger partial charge >= 0.3 is 0 Å². The summed E-state index contributed by atoms with van der Waals surface area (Å²) in [5, 5.41) is 2.67. The van der Waals surface area contributed by atoms with Gasteiger partial charge in [0, 0.05) is 10.5 Å². The molecule has 2 unspecified atom stereocenters. The summed E-state index contributed by atoms with van der Waals surface area (Å²) in [5.41, 5.74) is 7.26. The van der Waals surface area contributed by atoms with Crippen molar-refractivity contribution in [1.82, 2.24) is 16.2 Å². The van der Waals surface area contributed by atoms with E-state index in [0.717, 1.165) is 10.0 Å². The van der Waals surface area contributed by atoms with Crippen molar-refractivity contribution in [2.24, 2.45) is 0 Å². The van der Waals surface area contributed by atoms with Gasteiger partial charge in [0.25, 0.3) is 0 Å². The molecule has 1 aliphatic rings. The first-order valence-corrected chi connectivity index (χ1v) is 6.47. The molecule has 1 fully saturated rings. The van der Waals surface area contributed by atoms with Gasteiger partial charge in [-0.1, -0.05) is 34.0 Å². The summed E-state index contributed by atoms with van der Waals surface area (Å²) in [6.07, 6.45) is 5.81. The maximum absolute atomic E-state index is 11.7. The Balaban J connectivity index is 1.94. The molecule has 3 N–H and O–H groups in total. The summed E-state index contributed by atoms with van der Waals surface area (Å²) in [6, 6.07) is 7.94. The van der Waals surface area contributed by atoms with Crippen LogP contribution >= 0.6 is 15.9 Å². The summed E-state index contributed by atoms with van der Waals surface area (Å²) in [7, 11) is 0. The Morgan fingerprint density at radius 2 is 2.17 bits per heavy atom. The number of hydrogen-bond acceptors (Lipinski definition) is 3. The van der Waals surface area contributed by atoms with Gasteiger partial charge in [0.15, 0.2) is 0 Å². The number of benzene rings is 1. The van der Waals surface area contributed by atoms with Crippen LogP contribution < -0.4 is 16.2 Å². The molecule has 2 rings (SSSR count). The van der Waals surface area contributed by atoms with Crippen LogP contribution in [-0.2, 0) is 4.79 Å². The molecule has 1 heterocycles. The summed E-state index contributed by atoms with van der Waals surface area (Å²) in [4.78, 5) is 11.7. The van der Waals surface area contributed by atoms with Crippen LogP contribution in [0, 0.1) is 12.3 Å². The van der Waals surface area contributed by atoms with Crippen LogP contribution in [0.25, 0.3) is 0 Å². The SMILES string of the molecule is C#CCNC(=O)C1CC(c2ccc(Br)cc2)NN1. The number of halogens is 1. The molecule has 1 aromatic rings. The quantitative estimate of drug-likeness (QED) is 0.733. The number of carbonyl (C=O) groups excluding carboxylic acids is 1. The first-order chi connectivity index (χ1) is 8.70. The molecule has 4 nitrogen and oxygen atoms in total. The maximum atomic E-state index is 11.7. The molecule has 0 aliphatic carbocycles. The van der Waals surface area contributed by atoms with Crippen LogP contribution in [0.15, 0.2) is 28.7 Å². The van der Waals surface area contributed by atoms with E-state index in [2.05, 4.69) is 38.0 Å². The van der Waals surface area contributed by atoms with E-state index in [1.54, 1.807) is 0 Å². The Kier molecular flexibility index (Phi) is 4.37. The fourth-order valence-corrected chi connectivity index (χ4v) is 2.17. The third-order valence-electron chi connectivity index (χ3n) is 2.86. The fourth-order valence-electron chi connectivity index (χ4n) is 1.90. The lowest BCUT2D eigenvalue weighted by molar-refractivity contribution is -0.122. The normalized spacial score (nSPS) is 22.4. The van der Waals surface area contributed by atoms with Gasteiger partial charge < -0.3 is 5.32 Å². The summed E-state index contributed by atoms with van der Waals surface area (Å²) >= 11 is 3.40. The Hall–Kier alpha value is -1.35. The smallest absolute Gasteiger partial charge is 0.239 e. The minimum atomic E-state index is -0.244. The van der Waals surface area contributed by atoms with E-state index < -0.39 is 0 Å². The molecule has 0 bridgehead atoms. The van der Waals surface area contributed by atoms with Crippen molar-refractivity contribution in [1.29, 1.82) is 0 Å². The summed E-state index contributed by atoms with van der Waals surface area (Å²) in [6.45, 7) is 0.264. The molecule has 0 saturated carbocycles. The Labute approximate surface area is 115 Å². The second-order valence-corrected chi connectivity index (χ2v) is 5.02. The van der Waals surface area contributed by atoms with Gasteiger partial charge in [0.2, 0.25) is 5.91 Å². The molecule has 0 spiro atoms. The highest BCUT2D eigenvalue weighted by atomic mass is 79.9. The van der Waals surface area contributed by atoms with Crippen molar-refractivity contribution in [2.45, 2.75) is 18.5 Å². The minimum Gasteiger partial charge on any atom is -0.344 e. The highest BCUT2D eigenvalue weighted by molar-refractivity contribution is 9.10. The number of rotatable bonds is 3. The molecule has 1 aliphatic heterocycles. The van der Waals surface area contributed by atoms with Gasteiger partial charge in [0.1, 0.15) is 6.04 Å². The van der Waals surface area contributed by atoms with E-state index in [1.807, 2.05) is 24.3 Å². The molecule has 1 saturated heterocycles. The van der Waals surface area contributed by atoms with Gasteiger partial charge in [-0.15, -0.1) is 6.42 Å². The number of hydrogen-bond donors (Lipinski definition) is 3. The molecule has 94 valence electrons. The van der Waals surface area contributed by atoms with Crippen molar-refractivity contribution in [3.8, 4) is 12.3 Å². The first-order valence-electron chi connectivity index (χ1n) is 5.68. The van der Waals surface area contributed by atoms with Crippen molar-refractivity contribution in [3.63, 3.8) is 0 Å². The highest BCUT2D eigenvalue weighted by Crippen LogP contribution is 2.23. The van der Waals surface area contributed by atoms with Crippen LogP contribution in [0.1, 0.15) is 18.0 Å². The minimum absolute atomic E-state index is 0.0694. The topological polar surface area (TPSA) is 53.2 Å². The van der Waals surface area contributed by atoms with Crippen molar-refractivity contribution < 1.29 is 4.79 Å². The largest absolute Gasteiger partial charge is 0.344 e. The van der Waals surface area contributed by atoms with Gasteiger partial charge in [0.05, 0.1) is 6.54 Å². The molecule has 0 aromatic heterocycles. The third kappa shape index (κ3) is 3.10. The van der Waals surface area contributed by atoms with Gasteiger partial charge in [-0.05, 0) is 24.1 Å². The highest BCUT2D eigenvalue weighted by Gasteiger charge is 2.29. The van der Waals surface area contributed by atoms with Gasteiger partial charge in [-0.3, -0.25) is 4.79 Å².